The zero-order chi connectivity index (χ0) is 20.5. The number of anilines is 2. The number of piperidine rings is 1. The number of carbonyl (C=O) groups is 1. The summed E-state index contributed by atoms with van der Waals surface area (Å²) in [4.78, 5) is 23.8. The fourth-order valence-corrected chi connectivity index (χ4v) is 3.89. The number of rotatable bonds is 3. The number of para-hydroxylation sites is 1. The van der Waals surface area contributed by atoms with Crippen molar-refractivity contribution in [2.45, 2.75) is 44.8 Å². The van der Waals surface area contributed by atoms with Gasteiger partial charge in [-0.2, -0.15) is 0 Å². The summed E-state index contributed by atoms with van der Waals surface area (Å²) in [5, 5.41) is 3.02. The molecule has 0 unspecified atom stereocenters. The van der Waals surface area contributed by atoms with Gasteiger partial charge in [-0.3, -0.25) is 4.79 Å². The number of aromatic nitrogens is 2. The highest BCUT2D eigenvalue weighted by molar-refractivity contribution is 6.03. The standard InChI is InChI=1S/C22H28N4O3/c1-21(2,3)16-6-4-5-7-17(16)24-19(27)18-8-11-23-20(25-18)26-12-9-22(10-13-26)28-14-15-29-22/h4-8,11H,9-10,12-15H2,1-3H3,(H,24,27). The van der Waals surface area contributed by atoms with Crippen LogP contribution in [0.2, 0.25) is 0 Å². The first-order valence-corrected chi connectivity index (χ1v) is 10.1. The van der Waals surface area contributed by atoms with E-state index in [1.54, 1.807) is 12.3 Å². The number of hydrogen-bond donors (Lipinski definition) is 1. The van der Waals surface area contributed by atoms with E-state index < -0.39 is 5.79 Å². The quantitative estimate of drug-likeness (QED) is 0.857. The summed E-state index contributed by atoms with van der Waals surface area (Å²) in [5.74, 6) is -0.113. The third kappa shape index (κ3) is 4.26. The predicted octanol–water partition coefficient (Wildman–Crippen LogP) is 3.37. The van der Waals surface area contributed by atoms with Gasteiger partial charge in [-0.1, -0.05) is 39.0 Å². The van der Waals surface area contributed by atoms with Gasteiger partial charge in [0.2, 0.25) is 5.95 Å². The van der Waals surface area contributed by atoms with E-state index in [0.717, 1.165) is 37.2 Å². The normalized spacial score (nSPS) is 18.8. The van der Waals surface area contributed by atoms with Crippen molar-refractivity contribution in [1.82, 2.24) is 9.97 Å². The fraction of sp³-hybridized carbons (Fsp3) is 0.500. The molecule has 0 saturated carbocycles. The van der Waals surface area contributed by atoms with E-state index in [2.05, 4.69) is 41.0 Å². The first-order valence-electron chi connectivity index (χ1n) is 10.1. The van der Waals surface area contributed by atoms with Crippen molar-refractivity contribution in [2.75, 3.05) is 36.5 Å². The molecule has 3 heterocycles. The summed E-state index contributed by atoms with van der Waals surface area (Å²) in [5.41, 5.74) is 2.17. The van der Waals surface area contributed by atoms with Crippen molar-refractivity contribution in [3.05, 3.63) is 47.8 Å². The first kappa shape index (κ1) is 19.8. The van der Waals surface area contributed by atoms with Gasteiger partial charge in [0.1, 0.15) is 5.69 Å². The van der Waals surface area contributed by atoms with Crippen molar-refractivity contribution in [1.29, 1.82) is 0 Å². The topological polar surface area (TPSA) is 76.6 Å². The number of carbonyl (C=O) groups excluding carboxylic acids is 1. The molecule has 1 spiro atoms. The van der Waals surface area contributed by atoms with E-state index in [0.29, 0.717) is 24.9 Å². The van der Waals surface area contributed by atoms with Crippen LogP contribution in [0.3, 0.4) is 0 Å². The van der Waals surface area contributed by atoms with Crippen LogP contribution in [0.1, 0.15) is 49.7 Å². The van der Waals surface area contributed by atoms with Gasteiger partial charge >= 0.3 is 0 Å². The summed E-state index contributed by atoms with van der Waals surface area (Å²) in [6.45, 7) is 9.16. The lowest BCUT2D eigenvalue weighted by Crippen LogP contribution is -2.45. The Bertz CT molecular complexity index is 878. The fourth-order valence-electron chi connectivity index (χ4n) is 3.89. The molecule has 2 saturated heterocycles. The average Bonchev–Trinajstić information content (AvgIpc) is 3.16. The number of hydrogen-bond acceptors (Lipinski definition) is 6. The number of nitrogens with one attached hydrogen (secondary N) is 1. The second-order valence-electron chi connectivity index (χ2n) is 8.59. The van der Waals surface area contributed by atoms with Gasteiger partial charge in [-0.15, -0.1) is 0 Å². The van der Waals surface area contributed by atoms with Gasteiger partial charge in [0, 0.05) is 37.8 Å². The molecule has 29 heavy (non-hydrogen) atoms. The molecule has 0 atom stereocenters. The van der Waals surface area contributed by atoms with Crippen molar-refractivity contribution in [2.24, 2.45) is 0 Å². The van der Waals surface area contributed by atoms with E-state index in [4.69, 9.17) is 9.47 Å². The van der Waals surface area contributed by atoms with Crippen LogP contribution in [-0.2, 0) is 14.9 Å². The Hall–Kier alpha value is -2.51. The molecular weight excluding hydrogens is 368 g/mol. The average molecular weight is 396 g/mol. The lowest BCUT2D eigenvalue weighted by molar-refractivity contribution is -0.169. The lowest BCUT2D eigenvalue weighted by Gasteiger charge is -2.37. The van der Waals surface area contributed by atoms with Crippen molar-refractivity contribution >= 4 is 17.5 Å². The van der Waals surface area contributed by atoms with Crippen LogP contribution in [0.25, 0.3) is 0 Å². The molecule has 1 aromatic heterocycles. The molecule has 1 amide bonds. The molecule has 0 bridgehead atoms. The van der Waals surface area contributed by atoms with E-state index >= 15 is 0 Å². The van der Waals surface area contributed by atoms with Crippen molar-refractivity contribution < 1.29 is 14.3 Å². The molecular formula is C22H28N4O3. The van der Waals surface area contributed by atoms with Crippen LogP contribution in [0, 0.1) is 0 Å². The minimum atomic E-state index is -0.442. The Morgan fingerprint density at radius 1 is 1.10 bits per heavy atom. The third-order valence-electron chi connectivity index (χ3n) is 5.48. The molecule has 2 aliphatic rings. The number of ether oxygens (including phenoxy) is 2. The SMILES string of the molecule is CC(C)(C)c1ccccc1NC(=O)c1ccnc(N2CCC3(CC2)OCCO3)n1. The van der Waals surface area contributed by atoms with E-state index in [1.807, 2.05) is 24.3 Å². The van der Waals surface area contributed by atoms with Crippen LogP contribution in [-0.4, -0.2) is 48.0 Å². The van der Waals surface area contributed by atoms with Crippen molar-refractivity contribution in [3.63, 3.8) is 0 Å². The summed E-state index contributed by atoms with van der Waals surface area (Å²) < 4.78 is 11.6. The molecule has 2 fully saturated rings. The van der Waals surface area contributed by atoms with Gasteiger partial charge in [0.25, 0.3) is 5.91 Å². The van der Waals surface area contributed by atoms with Crippen LogP contribution in [0.15, 0.2) is 36.5 Å². The van der Waals surface area contributed by atoms with Gasteiger partial charge in [-0.25, -0.2) is 9.97 Å². The van der Waals surface area contributed by atoms with Crippen molar-refractivity contribution in [3.8, 4) is 0 Å². The Balaban J connectivity index is 1.47. The predicted molar refractivity (Wildman–Crippen MR) is 111 cm³/mol. The largest absolute Gasteiger partial charge is 0.347 e. The van der Waals surface area contributed by atoms with Crippen LogP contribution >= 0.6 is 0 Å². The van der Waals surface area contributed by atoms with Gasteiger partial charge < -0.3 is 19.7 Å². The molecule has 1 N–H and O–H groups in total. The number of nitrogens with zero attached hydrogens (tertiary/aromatic N) is 3. The molecule has 0 aliphatic carbocycles. The maximum Gasteiger partial charge on any atom is 0.274 e. The molecule has 2 aromatic rings. The first-order chi connectivity index (χ1) is 13.9. The highest BCUT2D eigenvalue weighted by atomic mass is 16.7. The Morgan fingerprint density at radius 2 is 1.79 bits per heavy atom. The zero-order valence-corrected chi connectivity index (χ0v) is 17.3. The maximum absolute atomic E-state index is 12.9. The minimum absolute atomic E-state index is 0.0746. The summed E-state index contributed by atoms with van der Waals surface area (Å²) in [7, 11) is 0. The highest BCUT2D eigenvalue weighted by Crippen LogP contribution is 2.32. The second-order valence-corrected chi connectivity index (χ2v) is 8.59. The van der Waals surface area contributed by atoms with Gasteiger partial charge in [0.05, 0.1) is 13.2 Å². The summed E-state index contributed by atoms with van der Waals surface area (Å²) in [6, 6.07) is 9.52. The van der Waals surface area contributed by atoms with Gasteiger partial charge in [0.15, 0.2) is 5.79 Å². The number of benzene rings is 1. The minimum Gasteiger partial charge on any atom is -0.347 e. The smallest absolute Gasteiger partial charge is 0.274 e. The summed E-state index contributed by atoms with van der Waals surface area (Å²) in [6.07, 6.45) is 3.18. The molecule has 0 radical (unpaired) electrons. The number of amides is 1. The van der Waals surface area contributed by atoms with Gasteiger partial charge in [-0.05, 0) is 23.1 Å². The molecule has 154 valence electrons. The van der Waals surface area contributed by atoms with Crippen LogP contribution in [0.5, 0.6) is 0 Å². The summed E-state index contributed by atoms with van der Waals surface area (Å²) >= 11 is 0. The Kier molecular flexibility index (Phi) is 5.27. The van der Waals surface area contributed by atoms with E-state index in [9.17, 15) is 4.79 Å². The highest BCUT2D eigenvalue weighted by Gasteiger charge is 2.40. The molecule has 2 aliphatic heterocycles. The zero-order valence-electron chi connectivity index (χ0n) is 17.3. The van der Waals surface area contributed by atoms with Crippen LogP contribution in [0.4, 0.5) is 11.6 Å². The molecule has 7 nitrogen and oxygen atoms in total. The maximum atomic E-state index is 12.9. The Morgan fingerprint density at radius 3 is 2.48 bits per heavy atom. The monoisotopic (exact) mass is 396 g/mol. The van der Waals surface area contributed by atoms with E-state index in [-0.39, 0.29) is 11.3 Å². The molecule has 7 heteroatoms. The lowest BCUT2D eigenvalue weighted by atomic mass is 9.86. The Labute approximate surface area is 171 Å². The molecule has 1 aromatic carbocycles. The van der Waals surface area contributed by atoms with E-state index in [1.165, 1.54) is 0 Å². The van der Waals surface area contributed by atoms with Crippen LogP contribution < -0.4 is 10.2 Å². The third-order valence-corrected chi connectivity index (χ3v) is 5.48. The molecule has 4 rings (SSSR count). The second kappa shape index (κ2) is 7.72.